The molecule has 1 aromatic heterocycles. The molecule has 6 heteroatoms. The van der Waals surface area contributed by atoms with E-state index in [-0.39, 0.29) is 12.0 Å². The zero-order valence-corrected chi connectivity index (χ0v) is 13.6. The van der Waals surface area contributed by atoms with Gasteiger partial charge in [-0.05, 0) is 36.8 Å². The first kappa shape index (κ1) is 14.7. The molecule has 0 spiro atoms. The Labute approximate surface area is 139 Å². The van der Waals surface area contributed by atoms with Gasteiger partial charge in [-0.25, -0.2) is 4.68 Å². The lowest BCUT2D eigenvalue weighted by atomic mass is 10.1. The predicted octanol–water partition coefficient (Wildman–Crippen LogP) is 2.79. The van der Waals surface area contributed by atoms with Crippen LogP contribution >= 0.6 is 0 Å². The van der Waals surface area contributed by atoms with E-state index in [1.807, 2.05) is 43.4 Å². The standard InChI is InChI=1S/C18H18N4O2/c1-3-13-11-22(16-6-4-5-7-17(16)24-13)18(23)12-8-9-15-14(10-12)19-20-21(15)2/h4-10,13H,3,11H2,1-2H3. The van der Waals surface area contributed by atoms with Gasteiger partial charge in [0.25, 0.3) is 5.91 Å². The number of ether oxygens (including phenoxy) is 1. The average Bonchev–Trinajstić information content (AvgIpc) is 3.00. The fourth-order valence-electron chi connectivity index (χ4n) is 3.03. The van der Waals surface area contributed by atoms with Gasteiger partial charge >= 0.3 is 0 Å². The van der Waals surface area contributed by atoms with Crippen molar-refractivity contribution in [3.8, 4) is 5.75 Å². The summed E-state index contributed by atoms with van der Waals surface area (Å²) in [4.78, 5) is 14.9. The molecule has 6 nitrogen and oxygen atoms in total. The van der Waals surface area contributed by atoms with Crippen molar-refractivity contribution in [1.82, 2.24) is 15.0 Å². The molecule has 1 aliphatic heterocycles. The van der Waals surface area contributed by atoms with Crippen LogP contribution in [0, 0.1) is 0 Å². The number of amides is 1. The molecule has 0 radical (unpaired) electrons. The number of rotatable bonds is 2. The molecule has 2 heterocycles. The van der Waals surface area contributed by atoms with Crippen molar-refractivity contribution in [2.75, 3.05) is 11.4 Å². The van der Waals surface area contributed by atoms with E-state index in [4.69, 9.17) is 4.74 Å². The number of carbonyl (C=O) groups is 1. The molecule has 0 aliphatic carbocycles. The van der Waals surface area contributed by atoms with E-state index < -0.39 is 0 Å². The second-order valence-corrected chi connectivity index (χ2v) is 5.95. The summed E-state index contributed by atoms with van der Waals surface area (Å²) < 4.78 is 7.65. The van der Waals surface area contributed by atoms with Gasteiger partial charge in [0.2, 0.25) is 0 Å². The maximum Gasteiger partial charge on any atom is 0.258 e. The Hall–Kier alpha value is -2.89. The number of carbonyl (C=O) groups excluding carboxylic acids is 1. The van der Waals surface area contributed by atoms with Crippen LogP contribution in [0.5, 0.6) is 5.75 Å². The summed E-state index contributed by atoms with van der Waals surface area (Å²) in [7, 11) is 1.83. The SMILES string of the molecule is CCC1CN(C(=O)c2ccc3c(c2)nnn3C)c2ccccc2O1. The molecule has 24 heavy (non-hydrogen) atoms. The van der Waals surface area contributed by atoms with Gasteiger partial charge in [-0.1, -0.05) is 24.3 Å². The molecule has 0 fully saturated rings. The first-order valence-electron chi connectivity index (χ1n) is 8.04. The van der Waals surface area contributed by atoms with Crippen LogP contribution in [0.1, 0.15) is 23.7 Å². The normalized spacial score (nSPS) is 16.8. The fourth-order valence-corrected chi connectivity index (χ4v) is 3.03. The van der Waals surface area contributed by atoms with Gasteiger partial charge in [0.1, 0.15) is 17.4 Å². The number of anilines is 1. The molecule has 0 N–H and O–H groups in total. The molecule has 2 aromatic carbocycles. The van der Waals surface area contributed by atoms with E-state index in [1.165, 1.54) is 0 Å². The Morgan fingerprint density at radius 3 is 2.96 bits per heavy atom. The van der Waals surface area contributed by atoms with E-state index in [9.17, 15) is 4.79 Å². The zero-order chi connectivity index (χ0) is 16.7. The second-order valence-electron chi connectivity index (χ2n) is 5.95. The summed E-state index contributed by atoms with van der Waals surface area (Å²) in [6.45, 7) is 2.61. The first-order valence-corrected chi connectivity index (χ1v) is 8.04. The average molecular weight is 322 g/mol. The molecule has 0 saturated heterocycles. The molecule has 1 amide bonds. The monoisotopic (exact) mass is 322 g/mol. The lowest BCUT2D eigenvalue weighted by Gasteiger charge is -2.34. The molecule has 0 bridgehead atoms. The third kappa shape index (κ3) is 2.31. The predicted molar refractivity (Wildman–Crippen MR) is 91.3 cm³/mol. The van der Waals surface area contributed by atoms with Crippen LogP contribution in [0.4, 0.5) is 5.69 Å². The van der Waals surface area contributed by atoms with E-state index in [1.54, 1.807) is 15.6 Å². The number of aromatic nitrogens is 3. The number of benzene rings is 2. The smallest absolute Gasteiger partial charge is 0.258 e. The van der Waals surface area contributed by atoms with Crippen molar-refractivity contribution in [2.45, 2.75) is 19.4 Å². The van der Waals surface area contributed by atoms with Crippen molar-refractivity contribution in [3.63, 3.8) is 0 Å². The van der Waals surface area contributed by atoms with Crippen molar-refractivity contribution < 1.29 is 9.53 Å². The number of nitrogens with zero attached hydrogens (tertiary/aromatic N) is 4. The van der Waals surface area contributed by atoms with Gasteiger partial charge in [-0.2, -0.15) is 0 Å². The minimum absolute atomic E-state index is 0.00379. The number of para-hydroxylation sites is 2. The molecule has 3 aromatic rings. The van der Waals surface area contributed by atoms with Crippen LogP contribution in [0.25, 0.3) is 11.0 Å². The maximum absolute atomic E-state index is 13.1. The maximum atomic E-state index is 13.1. The highest BCUT2D eigenvalue weighted by molar-refractivity contribution is 6.08. The Kier molecular flexibility index (Phi) is 3.45. The number of hydrogen-bond donors (Lipinski definition) is 0. The van der Waals surface area contributed by atoms with E-state index in [0.29, 0.717) is 12.1 Å². The summed E-state index contributed by atoms with van der Waals surface area (Å²) in [6.07, 6.45) is 0.852. The highest BCUT2D eigenvalue weighted by atomic mass is 16.5. The van der Waals surface area contributed by atoms with Crippen LogP contribution in [-0.2, 0) is 7.05 Å². The van der Waals surface area contributed by atoms with Crippen molar-refractivity contribution >= 4 is 22.6 Å². The molecule has 0 saturated carbocycles. The number of aryl methyl sites for hydroxylation is 1. The molecule has 1 unspecified atom stereocenters. The van der Waals surface area contributed by atoms with Gasteiger partial charge in [0, 0.05) is 12.6 Å². The summed E-state index contributed by atoms with van der Waals surface area (Å²) in [5.74, 6) is 0.710. The van der Waals surface area contributed by atoms with Crippen LogP contribution in [0.2, 0.25) is 0 Å². The van der Waals surface area contributed by atoms with Gasteiger partial charge < -0.3 is 9.64 Å². The Morgan fingerprint density at radius 1 is 1.29 bits per heavy atom. The molecule has 1 atom stereocenters. The van der Waals surface area contributed by atoms with Gasteiger partial charge in [-0.15, -0.1) is 5.10 Å². The molecule has 122 valence electrons. The van der Waals surface area contributed by atoms with Crippen LogP contribution in [0.15, 0.2) is 42.5 Å². The van der Waals surface area contributed by atoms with E-state index in [0.717, 1.165) is 28.9 Å². The molecular formula is C18H18N4O2. The highest BCUT2D eigenvalue weighted by Crippen LogP contribution is 2.34. The van der Waals surface area contributed by atoms with Crippen LogP contribution in [0.3, 0.4) is 0 Å². The van der Waals surface area contributed by atoms with Crippen molar-refractivity contribution in [3.05, 3.63) is 48.0 Å². The lowest BCUT2D eigenvalue weighted by molar-refractivity contribution is 0.0954. The van der Waals surface area contributed by atoms with Crippen LogP contribution < -0.4 is 9.64 Å². The minimum atomic E-state index is -0.0447. The Morgan fingerprint density at radius 2 is 2.12 bits per heavy atom. The molecule has 1 aliphatic rings. The third-order valence-electron chi connectivity index (χ3n) is 4.39. The lowest BCUT2D eigenvalue weighted by Crippen LogP contribution is -2.43. The van der Waals surface area contributed by atoms with Crippen molar-refractivity contribution in [1.29, 1.82) is 0 Å². The molecular weight excluding hydrogens is 304 g/mol. The Bertz CT molecular complexity index is 918. The minimum Gasteiger partial charge on any atom is -0.486 e. The van der Waals surface area contributed by atoms with E-state index in [2.05, 4.69) is 17.2 Å². The van der Waals surface area contributed by atoms with Gasteiger partial charge in [0.15, 0.2) is 0 Å². The largest absolute Gasteiger partial charge is 0.486 e. The van der Waals surface area contributed by atoms with Crippen LogP contribution in [-0.4, -0.2) is 33.5 Å². The topological polar surface area (TPSA) is 60.2 Å². The van der Waals surface area contributed by atoms with E-state index >= 15 is 0 Å². The molecule has 4 rings (SSSR count). The first-order chi connectivity index (χ1) is 11.7. The number of hydrogen-bond acceptors (Lipinski definition) is 4. The zero-order valence-electron chi connectivity index (χ0n) is 13.6. The summed E-state index contributed by atoms with van der Waals surface area (Å²) in [5.41, 5.74) is 3.04. The third-order valence-corrected chi connectivity index (χ3v) is 4.39. The summed E-state index contributed by atoms with van der Waals surface area (Å²) in [5, 5.41) is 8.09. The second kappa shape index (κ2) is 5.63. The fraction of sp³-hybridized carbons (Fsp3) is 0.278. The Balaban J connectivity index is 1.74. The highest BCUT2D eigenvalue weighted by Gasteiger charge is 2.29. The van der Waals surface area contributed by atoms with Crippen molar-refractivity contribution in [2.24, 2.45) is 7.05 Å². The summed E-state index contributed by atoms with van der Waals surface area (Å²) >= 11 is 0. The van der Waals surface area contributed by atoms with Gasteiger partial charge in [0.05, 0.1) is 17.7 Å². The van der Waals surface area contributed by atoms with Gasteiger partial charge in [-0.3, -0.25) is 4.79 Å². The summed E-state index contributed by atoms with van der Waals surface area (Å²) in [6, 6.07) is 13.2. The quantitative estimate of drug-likeness (QED) is 0.728. The number of fused-ring (bicyclic) bond motifs is 2.